The maximum Gasteiger partial charge on any atom is 0.292 e. The summed E-state index contributed by atoms with van der Waals surface area (Å²) in [4.78, 5) is 13.2. The molecule has 0 unspecified atom stereocenters. The van der Waals surface area contributed by atoms with Gasteiger partial charge in [0.1, 0.15) is 5.69 Å². The van der Waals surface area contributed by atoms with Crippen molar-refractivity contribution in [3.63, 3.8) is 0 Å². The van der Waals surface area contributed by atoms with E-state index < -0.39 is 0 Å². The van der Waals surface area contributed by atoms with Gasteiger partial charge in [-0.05, 0) is 23.5 Å². The largest absolute Gasteiger partial charge is 0.365 e. The second-order valence-electron chi connectivity index (χ2n) is 5.91. The smallest absolute Gasteiger partial charge is 0.292 e. The van der Waals surface area contributed by atoms with Crippen molar-refractivity contribution >= 4 is 27.3 Å². The monoisotopic (exact) mass is 342 g/mol. The summed E-state index contributed by atoms with van der Waals surface area (Å²) in [6.07, 6.45) is 0. The third-order valence-corrected chi connectivity index (χ3v) is 3.55. The molecule has 0 aliphatic rings. The lowest BCUT2D eigenvalue weighted by atomic mass is 10.1. The van der Waals surface area contributed by atoms with Crippen LogP contribution in [0.4, 0.5) is 11.4 Å². The molecule has 0 aliphatic carbocycles. The zero-order chi connectivity index (χ0) is 15.3. The lowest BCUT2D eigenvalue weighted by molar-refractivity contribution is -0.384. The van der Waals surface area contributed by atoms with Gasteiger partial charge in [-0.15, -0.1) is 0 Å². The van der Waals surface area contributed by atoms with Crippen molar-refractivity contribution in [1.29, 1.82) is 0 Å². The van der Waals surface area contributed by atoms with Crippen LogP contribution in [0.5, 0.6) is 0 Å². The van der Waals surface area contributed by atoms with E-state index in [9.17, 15) is 10.1 Å². The number of halogens is 1. The fraction of sp³-hybridized carbons (Fsp3) is 0.600. The molecule has 0 aliphatic heterocycles. The molecule has 0 saturated heterocycles. The highest BCUT2D eigenvalue weighted by molar-refractivity contribution is 9.08. The van der Waals surface area contributed by atoms with Gasteiger partial charge < -0.3 is 4.90 Å². The van der Waals surface area contributed by atoms with Gasteiger partial charge in [0.25, 0.3) is 5.69 Å². The molecule has 0 heterocycles. The predicted octanol–water partition coefficient (Wildman–Crippen LogP) is 4.61. The van der Waals surface area contributed by atoms with Crippen molar-refractivity contribution in [1.82, 2.24) is 0 Å². The average Bonchev–Trinajstić information content (AvgIpc) is 2.36. The highest BCUT2D eigenvalue weighted by Crippen LogP contribution is 2.31. The van der Waals surface area contributed by atoms with Gasteiger partial charge in [0.2, 0.25) is 0 Å². The summed E-state index contributed by atoms with van der Waals surface area (Å²) in [6.45, 7) is 10.2. The van der Waals surface area contributed by atoms with E-state index in [1.807, 2.05) is 12.1 Å². The van der Waals surface area contributed by atoms with E-state index in [0.717, 1.165) is 24.3 Å². The minimum Gasteiger partial charge on any atom is -0.365 e. The lowest BCUT2D eigenvalue weighted by Gasteiger charge is -2.28. The molecule has 20 heavy (non-hydrogen) atoms. The summed E-state index contributed by atoms with van der Waals surface area (Å²) < 4.78 is 0. The fourth-order valence-corrected chi connectivity index (χ4v) is 2.57. The second kappa shape index (κ2) is 7.62. The van der Waals surface area contributed by atoms with E-state index in [2.05, 4.69) is 48.5 Å². The molecule has 112 valence electrons. The van der Waals surface area contributed by atoms with Gasteiger partial charge in [-0.2, -0.15) is 0 Å². The Kier molecular flexibility index (Phi) is 6.46. The topological polar surface area (TPSA) is 46.4 Å². The molecule has 5 heteroatoms. The van der Waals surface area contributed by atoms with Gasteiger partial charge in [-0.25, -0.2) is 0 Å². The summed E-state index contributed by atoms with van der Waals surface area (Å²) in [5.41, 5.74) is 1.85. The van der Waals surface area contributed by atoms with E-state index in [4.69, 9.17) is 0 Å². The Morgan fingerprint density at radius 1 is 1.20 bits per heavy atom. The van der Waals surface area contributed by atoms with E-state index in [1.165, 1.54) is 0 Å². The molecule has 1 rings (SSSR count). The van der Waals surface area contributed by atoms with Crippen LogP contribution in [0.1, 0.15) is 33.3 Å². The number of nitro groups is 1. The molecular weight excluding hydrogens is 320 g/mol. The molecule has 0 fully saturated rings. The number of nitrogens with zero attached hydrogens (tertiary/aromatic N) is 2. The van der Waals surface area contributed by atoms with Gasteiger partial charge in [0, 0.05) is 24.5 Å². The minimum absolute atomic E-state index is 0.197. The first-order chi connectivity index (χ1) is 9.35. The summed E-state index contributed by atoms with van der Waals surface area (Å²) in [7, 11) is 0. The van der Waals surface area contributed by atoms with Crippen molar-refractivity contribution in [3.8, 4) is 0 Å². The van der Waals surface area contributed by atoms with E-state index in [-0.39, 0.29) is 10.6 Å². The zero-order valence-corrected chi connectivity index (χ0v) is 14.2. The van der Waals surface area contributed by atoms with Gasteiger partial charge >= 0.3 is 0 Å². The fourth-order valence-electron chi connectivity index (χ4n) is 2.22. The maximum atomic E-state index is 11.3. The normalized spacial score (nSPS) is 11.2. The van der Waals surface area contributed by atoms with Crippen LogP contribution >= 0.6 is 15.9 Å². The number of anilines is 1. The van der Waals surface area contributed by atoms with Gasteiger partial charge in [0.05, 0.1) is 4.92 Å². The summed E-state index contributed by atoms with van der Waals surface area (Å²) in [6, 6.07) is 5.49. The Hall–Kier alpha value is -1.10. The first kappa shape index (κ1) is 17.0. The van der Waals surface area contributed by atoms with Crippen molar-refractivity contribution < 1.29 is 4.92 Å². The number of benzene rings is 1. The van der Waals surface area contributed by atoms with Crippen LogP contribution in [0.15, 0.2) is 18.2 Å². The van der Waals surface area contributed by atoms with Crippen LogP contribution < -0.4 is 4.90 Å². The van der Waals surface area contributed by atoms with Crippen molar-refractivity contribution in [2.45, 2.75) is 33.0 Å². The van der Waals surface area contributed by atoms with E-state index in [0.29, 0.717) is 17.2 Å². The van der Waals surface area contributed by atoms with Crippen LogP contribution in [-0.2, 0) is 5.33 Å². The molecule has 1 aromatic rings. The van der Waals surface area contributed by atoms with Crippen LogP contribution in [-0.4, -0.2) is 18.0 Å². The molecule has 0 amide bonds. The number of hydrogen-bond acceptors (Lipinski definition) is 3. The van der Waals surface area contributed by atoms with Crippen LogP contribution in [0.25, 0.3) is 0 Å². The predicted molar refractivity (Wildman–Crippen MR) is 87.6 cm³/mol. The highest BCUT2D eigenvalue weighted by atomic mass is 79.9. The Balaban J connectivity index is 3.20. The first-order valence-corrected chi connectivity index (χ1v) is 8.05. The van der Waals surface area contributed by atoms with Crippen LogP contribution in [0, 0.1) is 22.0 Å². The number of rotatable bonds is 7. The molecule has 0 atom stereocenters. The minimum atomic E-state index is -0.283. The molecule has 4 nitrogen and oxygen atoms in total. The number of hydrogen-bond donors (Lipinski definition) is 0. The zero-order valence-electron chi connectivity index (χ0n) is 12.6. The van der Waals surface area contributed by atoms with Crippen molar-refractivity contribution in [2.24, 2.45) is 11.8 Å². The molecular formula is C15H23BrN2O2. The number of nitro benzene ring substituents is 1. The van der Waals surface area contributed by atoms with Gasteiger partial charge in [-0.3, -0.25) is 10.1 Å². The summed E-state index contributed by atoms with van der Waals surface area (Å²) in [5.74, 6) is 0.924. The lowest BCUT2D eigenvalue weighted by Crippen LogP contribution is -2.31. The van der Waals surface area contributed by atoms with Gasteiger partial charge in [0.15, 0.2) is 0 Å². The van der Waals surface area contributed by atoms with Crippen molar-refractivity contribution in [3.05, 3.63) is 33.9 Å². The molecule has 0 spiro atoms. The molecule has 0 bridgehead atoms. The second-order valence-corrected chi connectivity index (χ2v) is 6.47. The Bertz CT molecular complexity index is 451. The van der Waals surface area contributed by atoms with E-state index >= 15 is 0 Å². The third kappa shape index (κ3) is 4.78. The molecule has 0 aromatic heterocycles. The SMILES string of the molecule is CC(C)CN(CC(C)C)c1ccc(CBr)cc1[N+](=O)[O-]. The maximum absolute atomic E-state index is 11.3. The van der Waals surface area contributed by atoms with Crippen LogP contribution in [0.2, 0.25) is 0 Å². The molecule has 0 saturated carbocycles. The quantitative estimate of drug-likeness (QED) is 0.413. The Labute approximate surface area is 129 Å². The molecule has 0 N–H and O–H groups in total. The Morgan fingerprint density at radius 3 is 2.15 bits per heavy atom. The Morgan fingerprint density at radius 2 is 1.75 bits per heavy atom. The van der Waals surface area contributed by atoms with Crippen LogP contribution in [0.3, 0.4) is 0 Å². The van der Waals surface area contributed by atoms with Gasteiger partial charge in [-0.1, -0.05) is 49.7 Å². The number of alkyl halides is 1. The average molecular weight is 343 g/mol. The van der Waals surface area contributed by atoms with E-state index in [1.54, 1.807) is 6.07 Å². The standard InChI is InChI=1S/C15H23BrN2O2/c1-11(2)9-17(10-12(3)4)14-6-5-13(8-16)7-15(14)18(19)20/h5-7,11-12H,8-10H2,1-4H3. The van der Waals surface area contributed by atoms with Crippen molar-refractivity contribution in [2.75, 3.05) is 18.0 Å². The summed E-state index contributed by atoms with van der Waals surface area (Å²) >= 11 is 3.35. The third-order valence-electron chi connectivity index (χ3n) is 2.90. The first-order valence-electron chi connectivity index (χ1n) is 6.93. The highest BCUT2D eigenvalue weighted by Gasteiger charge is 2.21. The molecule has 0 radical (unpaired) electrons. The molecule has 1 aromatic carbocycles. The summed E-state index contributed by atoms with van der Waals surface area (Å²) in [5, 5.41) is 12.0.